The molecule has 2 rings (SSSR count). The van der Waals surface area contributed by atoms with E-state index in [0.717, 1.165) is 13.0 Å². The molecule has 0 spiro atoms. The molecule has 4 nitrogen and oxygen atoms in total. The van der Waals surface area contributed by atoms with Crippen molar-refractivity contribution in [1.29, 1.82) is 0 Å². The van der Waals surface area contributed by atoms with Crippen molar-refractivity contribution in [2.75, 3.05) is 18.9 Å². The topological polar surface area (TPSA) is 64.3 Å². The van der Waals surface area contributed by atoms with E-state index in [4.69, 9.17) is 10.5 Å². The Morgan fingerprint density at radius 3 is 3.00 bits per heavy atom. The van der Waals surface area contributed by atoms with Crippen molar-refractivity contribution in [2.45, 2.75) is 19.4 Å². The molecule has 2 unspecified atom stereocenters. The summed E-state index contributed by atoms with van der Waals surface area (Å²) < 4.78 is 19.0. The van der Waals surface area contributed by atoms with E-state index in [1.165, 1.54) is 12.1 Å². The zero-order valence-electron chi connectivity index (χ0n) is 10.6. The lowest BCUT2D eigenvalue weighted by Crippen LogP contribution is -2.32. The predicted octanol–water partition coefficient (Wildman–Crippen LogP) is 2.33. The Balaban J connectivity index is 2.02. The molecule has 1 fully saturated rings. The number of benzene rings is 1. The molecule has 3 N–H and O–H groups in total. The fraction of sp³-hybridized carbons (Fsp3) is 0.462. The van der Waals surface area contributed by atoms with Gasteiger partial charge in [0, 0.05) is 23.5 Å². The van der Waals surface area contributed by atoms with Gasteiger partial charge in [-0.1, -0.05) is 0 Å². The second kappa shape index (κ2) is 5.88. The van der Waals surface area contributed by atoms with Crippen LogP contribution in [0.1, 0.15) is 23.7 Å². The summed E-state index contributed by atoms with van der Waals surface area (Å²) in [5.74, 6) is -0.487. The molecule has 1 aliphatic rings. The first-order valence-corrected chi connectivity index (χ1v) is 6.92. The van der Waals surface area contributed by atoms with Gasteiger partial charge in [-0.05, 0) is 41.4 Å². The predicted molar refractivity (Wildman–Crippen MR) is 74.4 cm³/mol. The number of nitrogen functional groups attached to an aromatic ring is 1. The molecule has 1 aliphatic heterocycles. The molecule has 0 radical (unpaired) electrons. The van der Waals surface area contributed by atoms with Gasteiger partial charge in [0.05, 0.1) is 17.4 Å². The molecule has 1 aromatic rings. The van der Waals surface area contributed by atoms with E-state index in [1.54, 1.807) is 0 Å². The maximum atomic E-state index is 13.2. The highest BCUT2D eigenvalue weighted by Gasteiger charge is 2.25. The number of carbonyl (C=O) groups is 1. The van der Waals surface area contributed by atoms with Crippen LogP contribution in [0.25, 0.3) is 0 Å². The maximum Gasteiger partial charge on any atom is 0.252 e. The number of carbonyl (C=O) groups excluding carboxylic acids is 1. The lowest BCUT2D eigenvalue weighted by molar-refractivity contribution is 0.0906. The number of halogens is 2. The zero-order chi connectivity index (χ0) is 14.0. The monoisotopic (exact) mass is 330 g/mol. The maximum absolute atomic E-state index is 13.2. The Hall–Kier alpha value is -1.14. The molecule has 0 aromatic heterocycles. The smallest absolute Gasteiger partial charge is 0.252 e. The highest BCUT2D eigenvalue weighted by Crippen LogP contribution is 2.23. The number of hydrogen-bond donors (Lipinski definition) is 2. The molecule has 1 saturated heterocycles. The van der Waals surface area contributed by atoms with Gasteiger partial charge in [-0.15, -0.1) is 0 Å². The first-order valence-electron chi connectivity index (χ1n) is 6.13. The van der Waals surface area contributed by atoms with E-state index in [0.29, 0.717) is 22.5 Å². The van der Waals surface area contributed by atoms with E-state index in [1.807, 2.05) is 6.92 Å². The molecule has 1 heterocycles. The highest BCUT2D eigenvalue weighted by molar-refractivity contribution is 9.10. The first-order chi connectivity index (χ1) is 8.99. The van der Waals surface area contributed by atoms with Gasteiger partial charge >= 0.3 is 0 Å². The summed E-state index contributed by atoms with van der Waals surface area (Å²) >= 11 is 3.17. The van der Waals surface area contributed by atoms with E-state index in [-0.39, 0.29) is 17.7 Å². The van der Waals surface area contributed by atoms with Gasteiger partial charge in [0.1, 0.15) is 5.82 Å². The van der Waals surface area contributed by atoms with Gasteiger partial charge in [0.2, 0.25) is 0 Å². The average Bonchev–Trinajstić information content (AvgIpc) is 2.76. The van der Waals surface area contributed by atoms with Crippen LogP contribution in [0.15, 0.2) is 16.6 Å². The second-order valence-electron chi connectivity index (χ2n) is 4.69. The van der Waals surface area contributed by atoms with Gasteiger partial charge in [-0.3, -0.25) is 4.79 Å². The fourth-order valence-corrected chi connectivity index (χ4v) is 2.60. The Morgan fingerprint density at radius 1 is 1.63 bits per heavy atom. The van der Waals surface area contributed by atoms with Crippen molar-refractivity contribution >= 4 is 27.5 Å². The summed E-state index contributed by atoms with van der Waals surface area (Å²) in [7, 11) is 0. The Bertz CT molecular complexity index is 496. The highest BCUT2D eigenvalue weighted by atomic mass is 79.9. The third-order valence-corrected chi connectivity index (χ3v) is 4.05. The number of anilines is 1. The summed E-state index contributed by atoms with van der Waals surface area (Å²) in [6, 6.07) is 2.54. The van der Waals surface area contributed by atoms with Crippen molar-refractivity contribution in [3.05, 3.63) is 28.0 Å². The van der Waals surface area contributed by atoms with Crippen LogP contribution in [-0.4, -0.2) is 25.2 Å². The molecule has 6 heteroatoms. The first kappa shape index (κ1) is 14.3. The van der Waals surface area contributed by atoms with Crippen LogP contribution in [-0.2, 0) is 4.74 Å². The molecule has 1 amide bonds. The van der Waals surface area contributed by atoms with Crippen LogP contribution >= 0.6 is 15.9 Å². The van der Waals surface area contributed by atoms with Gasteiger partial charge in [0.15, 0.2) is 0 Å². The number of nitrogens with one attached hydrogen (secondary N) is 1. The van der Waals surface area contributed by atoms with Crippen molar-refractivity contribution in [2.24, 2.45) is 5.92 Å². The van der Waals surface area contributed by atoms with Crippen molar-refractivity contribution in [3.8, 4) is 0 Å². The van der Waals surface area contributed by atoms with Crippen molar-refractivity contribution in [3.63, 3.8) is 0 Å². The summed E-state index contributed by atoms with van der Waals surface area (Å²) in [5.41, 5.74) is 5.77. The van der Waals surface area contributed by atoms with Crippen LogP contribution in [0, 0.1) is 11.7 Å². The van der Waals surface area contributed by atoms with Gasteiger partial charge in [-0.2, -0.15) is 0 Å². The molecular weight excluding hydrogens is 315 g/mol. The van der Waals surface area contributed by atoms with E-state index in [2.05, 4.69) is 21.2 Å². The third kappa shape index (κ3) is 3.25. The fourth-order valence-electron chi connectivity index (χ4n) is 2.10. The van der Waals surface area contributed by atoms with Crippen molar-refractivity contribution < 1.29 is 13.9 Å². The standard InChI is InChI=1S/C13H16BrFN2O2/c1-7-8(2-3-19-7)6-17-13(18)9-4-12(16)11(15)5-10(9)14/h4-5,7-8H,2-3,6,16H2,1H3,(H,17,18). The van der Waals surface area contributed by atoms with Crippen LogP contribution in [0.3, 0.4) is 0 Å². The number of nitrogens with two attached hydrogens (primary N) is 1. The summed E-state index contributed by atoms with van der Waals surface area (Å²) in [5, 5.41) is 2.83. The summed E-state index contributed by atoms with van der Waals surface area (Å²) in [4.78, 5) is 12.0. The average molecular weight is 331 g/mol. The second-order valence-corrected chi connectivity index (χ2v) is 5.54. The van der Waals surface area contributed by atoms with Gasteiger partial charge in [0.25, 0.3) is 5.91 Å². The minimum atomic E-state index is -0.541. The van der Waals surface area contributed by atoms with Crippen LogP contribution in [0.2, 0.25) is 0 Å². The number of amides is 1. The minimum absolute atomic E-state index is 0.0362. The Labute approximate surface area is 119 Å². The molecule has 0 aliphatic carbocycles. The Kier molecular flexibility index (Phi) is 4.42. The minimum Gasteiger partial charge on any atom is -0.396 e. The number of hydrogen-bond acceptors (Lipinski definition) is 3. The van der Waals surface area contributed by atoms with Crippen LogP contribution < -0.4 is 11.1 Å². The largest absolute Gasteiger partial charge is 0.396 e. The molecule has 104 valence electrons. The van der Waals surface area contributed by atoms with Gasteiger partial charge in [-0.25, -0.2) is 4.39 Å². The Morgan fingerprint density at radius 2 is 2.37 bits per heavy atom. The zero-order valence-corrected chi connectivity index (χ0v) is 12.2. The SMILES string of the molecule is CC1OCCC1CNC(=O)c1cc(N)c(F)cc1Br. The normalized spacial score (nSPS) is 22.5. The molecule has 0 bridgehead atoms. The molecular formula is C13H16BrFN2O2. The van der Waals surface area contributed by atoms with E-state index in [9.17, 15) is 9.18 Å². The summed E-state index contributed by atoms with van der Waals surface area (Å²) in [6.45, 7) is 3.27. The lowest BCUT2D eigenvalue weighted by atomic mass is 10.0. The van der Waals surface area contributed by atoms with E-state index < -0.39 is 5.82 Å². The van der Waals surface area contributed by atoms with Crippen LogP contribution in [0.5, 0.6) is 0 Å². The van der Waals surface area contributed by atoms with E-state index >= 15 is 0 Å². The van der Waals surface area contributed by atoms with Crippen LogP contribution in [0.4, 0.5) is 10.1 Å². The molecule has 0 saturated carbocycles. The molecule has 1 aromatic carbocycles. The molecule has 2 atom stereocenters. The van der Waals surface area contributed by atoms with Gasteiger partial charge < -0.3 is 15.8 Å². The third-order valence-electron chi connectivity index (χ3n) is 3.39. The molecule has 19 heavy (non-hydrogen) atoms. The number of ether oxygens (including phenoxy) is 1. The summed E-state index contributed by atoms with van der Waals surface area (Å²) in [6.07, 6.45) is 1.09. The quantitative estimate of drug-likeness (QED) is 0.836. The van der Waals surface area contributed by atoms with Crippen molar-refractivity contribution in [1.82, 2.24) is 5.32 Å². The lowest BCUT2D eigenvalue weighted by Gasteiger charge is -2.15. The number of rotatable bonds is 3.